The van der Waals surface area contributed by atoms with Crippen LogP contribution < -0.4 is 4.74 Å². The molecule has 0 saturated carbocycles. The van der Waals surface area contributed by atoms with Gasteiger partial charge in [0.15, 0.2) is 10.8 Å². The number of aromatic amines is 1. The van der Waals surface area contributed by atoms with Crippen molar-refractivity contribution in [2.24, 2.45) is 0 Å². The summed E-state index contributed by atoms with van der Waals surface area (Å²) in [4.78, 5) is 23.8. The van der Waals surface area contributed by atoms with E-state index in [0.717, 1.165) is 65.9 Å². The fourth-order valence-electron chi connectivity index (χ4n) is 5.06. The third-order valence-corrected chi connectivity index (χ3v) is 7.26. The van der Waals surface area contributed by atoms with E-state index in [0.29, 0.717) is 22.7 Å². The first-order valence-corrected chi connectivity index (χ1v) is 12.9. The van der Waals surface area contributed by atoms with Crippen LogP contribution in [0, 0.1) is 0 Å². The van der Waals surface area contributed by atoms with Crippen molar-refractivity contribution in [3.8, 4) is 28.4 Å². The van der Waals surface area contributed by atoms with Gasteiger partial charge in [-0.25, -0.2) is 19.9 Å². The lowest BCUT2D eigenvalue weighted by Crippen LogP contribution is -2.32. The van der Waals surface area contributed by atoms with Crippen LogP contribution >= 0.6 is 12.6 Å². The van der Waals surface area contributed by atoms with E-state index in [1.807, 2.05) is 24.4 Å². The highest BCUT2D eigenvalue weighted by atomic mass is 32.1. The Labute approximate surface area is 221 Å². The smallest absolute Gasteiger partial charge is 0.293 e. The van der Waals surface area contributed by atoms with Crippen molar-refractivity contribution < 1.29 is 4.74 Å². The SMILES string of the molecule is COc1nc(C2CCN(Cc3ccc(-c4nc5nc(S)ncc5cc4-c4ccccc4)cc3)CC2)c[nH]1. The number of methoxy groups -OCH3 is 1. The summed E-state index contributed by atoms with van der Waals surface area (Å²) in [6.45, 7) is 3.04. The lowest BCUT2D eigenvalue weighted by molar-refractivity contribution is 0.203. The van der Waals surface area contributed by atoms with Crippen molar-refractivity contribution in [2.75, 3.05) is 20.2 Å². The van der Waals surface area contributed by atoms with Gasteiger partial charge in [0.1, 0.15) is 0 Å². The number of hydrogen-bond acceptors (Lipinski definition) is 7. The van der Waals surface area contributed by atoms with Crippen LogP contribution in [0.3, 0.4) is 0 Å². The molecule has 3 aromatic heterocycles. The number of likely N-dealkylation sites (tertiary alicyclic amines) is 1. The third kappa shape index (κ3) is 5.08. The molecule has 1 aliphatic heterocycles. The summed E-state index contributed by atoms with van der Waals surface area (Å²) in [5.41, 5.74) is 7.20. The Kier molecular flexibility index (Phi) is 6.59. The summed E-state index contributed by atoms with van der Waals surface area (Å²) in [6, 6.07) is 21.8. The molecule has 1 aliphatic rings. The van der Waals surface area contributed by atoms with Crippen molar-refractivity contribution in [1.29, 1.82) is 0 Å². The largest absolute Gasteiger partial charge is 0.468 e. The second kappa shape index (κ2) is 10.3. The van der Waals surface area contributed by atoms with Crippen LogP contribution in [-0.2, 0) is 6.54 Å². The number of benzene rings is 2. The van der Waals surface area contributed by atoms with Crippen LogP contribution in [0.25, 0.3) is 33.4 Å². The Balaban J connectivity index is 1.21. The van der Waals surface area contributed by atoms with Gasteiger partial charge in [-0.05, 0) is 43.1 Å². The van der Waals surface area contributed by atoms with Crippen LogP contribution in [0.15, 0.2) is 78.2 Å². The van der Waals surface area contributed by atoms with Crippen molar-refractivity contribution in [3.63, 3.8) is 0 Å². The normalized spacial score (nSPS) is 14.8. The van der Waals surface area contributed by atoms with Gasteiger partial charge in [-0.1, -0.05) is 54.6 Å². The van der Waals surface area contributed by atoms with Crippen molar-refractivity contribution in [3.05, 3.63) is 84.3 Å². The number of thiol groups is 1. The van der Waals surface area contributed by atoms with Crippen LogP contribution in [0.4, 0.5) is 0 Å². The maximum atomic E-state index is 5.19. The minimum atomic E-state index is 0.420. The molecule has 5 aromatic rings. The number of hydrogen-bond donors (Lipinski definition) is 2. The second-order valence-electron chi connectivity index (χ2n) is 9.42. The number of nitrogens with zero attached hydrogens (tertiary/aromatic N) is 5. The summed E-state index contributed by atoms with van der Waals surface area (Å²) >= 11 is 4.31. The van der Waals surface area contributed by atoms with E-state index in [2.05, 4.69) is 79.9 Å². The van der Waals surface area contributed by atoms with Gasteiger partial charge in [0, 0.05) is 41.4 Å². The van der Waals surface area contributed by atoms with Gasteiger partial charge in [-0.2, -0.15) is 0 Å². The van der Waals surface area contributed by atoms with Gasteiger partial charge in [0.2, 0.25) is 0 Å². The first-order chi connectivity index (χ1) is 18.2. The van der Waals surface area contributed by atoms with Crippen LogP contribution in [0.2, 0.25) is 0 Å². The number of pyridine rings is 1. The van der Waals surface area contributed by atoms with Crippen molar-refractivity contribution in [1.82, 2.24) is 29.8 Å². The maximum Gasteiger partial charge on any atom is 0.293 e. The van der Waals surface area contributed by atoms with Gasteiger partial charge in [-0.3, -0.25) is 4.90 Å². The van der Waals surface area contributed by atoms with E-state index in [-0.39, 0.29) is 0 Å². The molecule has 0 atom stereocenters. The number of ether oxygens (including phenoxy) is 1. The van der Waals surface area contributed by atoms with E-state index in [9.17, 15) is 0 Å². The Morgan fingerprint density at radius 1 is 0.973 bits per heavy atom. The summed E-state index contributed by atoms with van der Waals surface area (Å²) in [5.74, 6) is 0.482. The van der Waals surface area contributed by atoms with Gasteiger partial charge in [-0.15, -0.1) is 12.6 Å². The Bertz CT molecular complexity index is 1510. The number of aromatic nitrogens is 5. The fourth-order valence-corrected chi connectivity index (χ4v) is 5.21. The molecule has 0 aliphatic carbocycles. The topological polar surface area (TPSA) is 79.8 Å². The molecule has 4 heterocycles. The molecule has 0 spiro atoms. The quantitative estimate of drug-likeness (QED) is 0.224. The molecule has 0 amide bonds. The zero-order valence-corrected chi connectivity index (χ0v) is 21.5. The summed E-state index contributed by atoms with van der Waals surface area (Å²) < 4.78 is 5.19. The van der Waals surface area contributed by atoms with Gasteiger partial charge < -0.3 is 9.72 Å². The molecule has 0 unspecified atom stereocenters. The lowest BCUT2D eigenvalue weighted by Gasteiger charge is -2.31. The highest BCUT2D eigenvalue weighted by Crippen LogP contribution is 2.34. The maximum absolute atomic E-state index is 5.19. The number of nitrogens with one attached hydrogen (secondary N) is 1. The Morgan fingerprint density at radius 2 is 1.76 bits per heavy atom. The molecule has 8 heteroatoms. The minimum absolute atomic E-state index is 0.420. The molecule has 1 fully saturated rings. The average molecular weight is 509 g/mol. The average Bonchev–Trinajstić information content (AvgIpc) is 3.43. The molecule has 1 N–H and O–H groups in total. The summed E-state index contributed by atoms with van der Waals surface area (Å²) in [7, 11) is 1.64. The lowest BCUT2D eigenvalue weighted by atomic mass is 9.93. The zero-order valence-electron chi connectivity index (χ0n) is 20.6. The molecular formula is C29H28N6OS. The van der Waals surface area contributed by atoms with E-state index >= 15 is 0 Å². The minimum Gasteiger partial charge on any atom is -0.468 e. The highest BCUT2D eigenvalue weighted by molar-refractivity contribution is 7.80. The molecular weight excluding hydrogens is 480 g/mol. The van der Waals surface area contributed by atoms with E-state index in [1.54, 1.807) is 13.3 Å². The zero-order chi connectivity index (χ0) is 25.2. The molecule has 7 nitrogen and oxygen atoms in total. The van der Waals surface area contributed by atoms with Crippen LogP contribution in [0.1, 0.15) is 30.0 Å². The van der Waals surface area contributed by atoms with E-state index in [4.69, 9.17) is 9.72 Å². The standard InChI is InChI=1S/C29H28N6OS/c1-36-28-30-17-25(32-28)21-11-13-35(14-12-21)18-19-7-9-22(10-8-19)26-24(20-5-3-2-4-6-20)15-23-16-31-29(37)34-27(23)33-26/h2-10,15-17,21H,11-14,18H2,1H3,(H,30,32)(H,31,33,34,37). The molecule has 37 heavy (non-hydrogen) atoms. The molecule has 186 valence electrons. The number of rotatable bonds is 6. The van der Waals surface area contributed by atoms with Crippen LogP contribution in [-0.4, -0.2) is 50.0 Å². The highest BCUT2D eigenvalue weighted by Gasteiger charge is 2.23. The predicted octanol–water partition coefficient (Wildman–Crippen LogP) is 5.76. The fraction of sp³-hybridized carbons (Fsp3) is 0.241. The first kappa shape index (κ1) is 23.6. The number of imidazole rings is 1. The number of piperidine rings is 1. The van der Waals surface area contributed by atoms with Gasteiger partial charge in [0.05, 0.1) is 18.5 Å². The first-order valence-electron chi connectivity index (χ1n) is 12.5. The predicted molar refractivity (Wildman–Crippen MR) is 148 cm³/mol. The molecule has 2 aromatic carbocycles. The molecule has 0 radical (unpaired) electrons. The summed E-state index contributed by atoms with van der Waals surface area (Å²) in [5, 5.41) is 1.32. The van der Waals surface area contributed by atoms with E-state index in [1.165, 1.54) is 5.56 Å². The molecule has 1 saturated heterocycles. The second-order valence-corrected chi connectivity index (χ2v) is 9.82. The van der Waals surface area contributed by atoms with Crippen molar-refractivity contribution >= 4 is 23.7 Å². The monoisotopic (exact) mass is 508 g/mol. The molecule has 6 rings (SSSR count). The number of fused-ring (bicyclic) bond motifs is 1. The third-order valence-electron chi connectivity index (χ3n) is 7.05. The van der Waals surface area contributed by atoms with Crippen molar-refractivity contribution in [2.45, 2.75) is 30.5 Å². The Morgan fingerprint density at radius 3 is 2.49 bits per heavy atom. The number of H-pyrrole nitrogens is 1. The Hall–Kier alpha value is -3.75. The van der Waals surface area contributed by atoms with Gasteiger partial charge >= 0.3 is 0 Å². The van der Waals surface area contributed by atoms with Gasteiger partial charge in [0.25, 0.3) is 6.01 Å². The molecule has 0 bridgehead atoms. The van der Waals surface area contributed by atoms with Crippen LogP contribution in [0.5, 0.6) is 6.01 Å². The van der Waals surface area contributed by atoms with E-state index < -0.39 is 0 Å². The summed E-state index contributed by atoms with van der Waals surface area (Å²) in [6.07, 6.45) is 5.96.